The van der Waals surface area contributed by atoms with Crippen molar-refractivity contribution in [3.63, 3.8) is 0 Å². The van der Waals surface area contributed by atoms with Crippen molar-refractivity contribution in [1.82, 2.24) is 0 Å². The molecule has 14 heavy (non-hydrogen) atoms. The van der Waals surface area contributed by atoms with E-state index in [1.165, 1.54) is 6.42 Å². The molecule has 0 aromatic heterocycles. The molecule has 0 aliphatic heterocycles. The van der Waals surface area contributed by atoms with Gasteiger partial charge in [-0.15, -0.1) is 0 Å². The molecular weight excluding hydrogens is 192 g/mol. The molecule has 0 amide bonds. The number of hydrogen-bond acceptors (Lipinski definition) is 2. The Morgan fingerprint density at radius 3 is 2.21 bits per heavy atom. The normalized spacial score (nSPS) is 21.0. The molecule has 1 N–H and O–H groups in total. The van der Waals surface area contributed by atoms with E-state index in [0.717, 1.165) is 19.4 Å². The monoisotopic (exact) mass is 216 g/mol. The van der Waals surface area contributed by atoms with Gasteiger partial charge in [0.15, 0.2) is 8.32 Å². The van der Waals surface area contributed by atoms with E-state index in [2.05, 4.69) is 26.9 Å². The molecule has 1 fully saturated rings. The molecule has 0 aromatic rings. The Hall–Kier alpha value is 0.137. The summed E-state index contributed by atoms with van der Waals surface area (Å²) in [5.74, 6) is 0. The van der Waals surface area contributed by atoms with Crippen LogP contribution in [0.4, 0.5) is 0 Å². The second-order valence-electron chi connectivity index (χ2n) is 5.56. The highest BCUT2D eigenvalue weighted by molar-refractivity contribution is 6.72. The van der Waals surface area contributed by atoms with Crippen LogP contribution >= 0.6 is 0 Å². The van der Waals surface area contributed by atoms with Crippen LogP contribution < -0.4 is 0 Å². The van der Waals surface area contributed by atoms with E-state index < -0.39 is 8.32 Å². The van der Waals surface area contributed by atoms with Gasteiger partial charge in [0, 0.05) is 12.0 Å². The maximum absolute atomic E-state index is 9.31. The lowest BCUT2D eigenvalue weighted by molar-refractivity contribution is -0.00351. The van der Waals surface area contributed by atoms with Crippen LogP contribution in [0.5, 0.6) is 0 Å². The quantitative estimate of drug-likeness (QED) is 0.716. The van der Waals surface area contributed by atoms with Crippen LogP contribution in [-0.4, -0.2) is 26.6 Å². The van der Waals surface area contributed by atoms with E-state index in [1.807, 2.05) is 0 Å². The predicted molar refractivity (Wildman–Crippen MR) is 61.9 cm³/mol. The number of aliphatic hydroxyl groups is 1. The van der Waals surface area contributed by atoms with Crippen molar-refractivity contribution in [2.45, 2.75) is 51.7 Å². The summed E-state index contributed by atoms with van der Waals surface area (Å²) >= 11 is 0. The van der Waals surface area contributed by atoms with Gasteiger partial charge in [-0.05, 0) is 31.5 Å². The molecule has 1 aliphatic carbocycles. The fourth-order valence-corrected chi connectivity index (χ4v) is 2.54. The summed E-state index contributed by atoms with van der Waals surface area (Å²) in [6.07, 6.45) is 3.55. The van der Waals surface area contributed by atoms with Gasteiger partial charge in [-0.2, -0.15) is 0 Å². The highest BCUT2D eigenvalue weighted by Gasteiger charge is 2.39. The van der Waals surface area contributed by atoms with Gasteiger partial charge in [-0.1, -0.05) is 20.3 Å². The Morgan fingerprint density at radius 2 is 1.93 bits per heavy atom. The van der Waals surface area contributed by atoms with Gasteiger partial charge in [0.1, 0.15) is 0 Å². The van der Waals surface area contributed by atoms with Crippen molar-refractivity contribution < 1.29 is 9.53 Å². The molecule has 0 bridgehead atoms. The molecule has 0 heterocycles. The van der Waals surface area contributed by atoms with Gasteiger partial charge in [0.05, 0.1) is 6.61 Å². The molecule has 1 saturated carbocycles. The van der Waals surface area contributed by atoms with Gasteiger partial charge in [0.25, 0.3) is 0 Å². The third-order valence-electron chi connectivity index (χ3n) is 3.89. The molecule has 0 spiro atoms. The lowest BCUT2D eigenvalue weighted by atomic mass is 9.70. The zero-order chi connectivity index (χ0) is 10.8. The van der Waals surface area contributed by atoms with Crippen molar-refractivity contribution in [3.05, 3.63) is 0 Å². The highest BCUT2D eigenvalue weighted by atomic mass is 28.4. The first kappa shape index (κ1) is 12.2. The minimum atomic E-state index is -1.50. The topological polar surface area (TPSA) is 29.5 Å². The summed E-state index contributed by atoms with van der Waals surface area (Å²) in [7, 11) is -1.50. The van der Waals surface area contributed by atoms with Crippen LogP contribution in [0.1, 0.15) is 33.1 Å². The number of aliphatic hydroxyl groups excluding tert-OH is 1. The van der Waals surface area contributed by atoms with Crippen molar-refractivity contribution in [1.29, 1.82) is 0 Å². The van der Waals surface area contributed by atoms with Crippen molar-refractivity contribution in [2.75, 3.05) is 13.2 Å². The van der Waals surface area contributed by atoms with Crippen LogP contribution in [0.3, 0.4) is 0 Å². The molecule has 3 heteroatoms. The first-order valence-electron chi connectivity index (χ1n) is 5.67. The highest BCUT2D eigenvalue weighted by Crippen LogP contribution is 2.41. The van der Waals surface area contributed by atoms with Crippen LogP contribution in [0, 0.1) is 5.41 Å². The summed E-state index contributed by atoms with van der Waals surface area (Å²) in [4.78, 5) is 0. The SMILES string of the molecule is CC(C)[Si](C)(C)OCC1(CO)CCC1. The van der Waals surface area contributed by atoms with Crippen LogP contribution in [0.25, 0.3) is 0 Å². The largest absolute Gasteiger partial charge is 0.416 e. The van der Waals surface area contributed by atoms with Gasteiger partial charge in [-0.25, -0.2) is 0 Å². The smallest absolute Gasteiger partial charge is 0.189 e. The minimum Gasteiger partial charge on any atom is -0.416 e. The molecule has 0 aromatic carbocycles. The Morgan fingerprint density at radius 1 is 1.36 bits per heavy atom. The summed E-state index contributed by atoms with van der Waals surface area (Å²) in [6, 6.07) is 0. The fraction of sp³-hybridized carbons (Fsp3) is 1.00. The van der Waals surface area contributed by atoms with Crippen LogP contribution in [0.2, 0.25) is 18.6 Å². The Bertz CT molecular complexity index is 178. The average molecular weight is 216 g/mol. The molecule has 0 radical (unpaired) electrons. The van der Waals surface area contributed by atoms with E-state index in [4.69, 9.17) is 4.43 Å². The molecular formula is C11H24O2Si. The average Bonchev–Trinajstić information content (AvgIpc) is 2.02. The molecule has 0 saturated heterocycles. The first-order chi connectivity index (χ1) is 6.42. The van der Waals surface area contributed by atoms with Crippen molar-refractivity contribution >= 4 is 8.32 Å². The Balaban J connectivity index is 2.39. The van der Waals surface area contributed by atoms with E-state index in [9.17, 15) is 5.11 Å². The standard InChI is InChI=1S/C11H24O2Si/c1-10(2)14(3,4)13-9-11(8-12)6-5-7-11/h10,12H,5-9H2,1-4H3. The van der Waals surface area contributed by atoms with Gasteiger partial charge >= 0.3 is 0 Å². The summed E-state index contributed by atoms with van der Waals surface area (Å²) in [5.41, 5.74) is 0.775. The number of hydrogen-bond donors (Lipinski definition) is 1. The molecule has 1 rings (SSSR count). The Kier molecular flexibility index (Phi) is 3.78. The van der Waals surface area contributed by atoms with Gasteiger partial charge in [0.2, 0.25) is 0 Å². The summed E-state index contributed by atoms with van der Waals surface area (Å²) in [5, 5.41) is 9.31. The van der Waals surface area contributed by atoms with Gasteiger partial charge < -0.3 is 9.53 Å². The molecule has 1 aliphatic rings. The lowest BCUT2D eigenvalue weighted by Crippen LogP contribution is -2.44. The van der Waals surface area contributed by atoms with E-state index in [-0.39, 0.29) is 5.41 Å². The first-order valence-corrected chi connectivity index (χ1v) is 8.65. The molecule has 0 unspecified atom stereocenters. The van der Waals surface area contributed by atoms with Gasteiger partial charge in [-0.3, -0.25) is 0 Å². The van der Waals surface area contributed by atoms with E-state index in [1.54, 1.807) is 0 Å². The molecule has 0 atom stereocenters. The minimum absolute atomic E-state index is 0.124. The Labute approximate surface area is 88.8 Å². The van der Waals surface area contributed by atoms with E-state index in [0.29, 0.717) is 12.1 Å². The van der Waals surface area contributed by atoms with Crippen molar-refractivity contribution in [2.24, 2.45) is 5.41 Å². The second kappa shape index (κ2) is 4.33. The lowest BCUT2D eigenvalue weighted by Gasteiger charge is -2.42. The number of rotatable bonds is 5. The van der Waals surface area contributed by atoms with Crippen LogP contribution in [-0.2, 0) is 4.43 Å². The maximum Gasteiger partial charge on any atom is 0.189 e. The zero-order valence-corrected chi connectivity index (χ0v) is 11.0. The predicted octanol–water partition coefficient (Wildman–Crippen LogP) is 2.78. The molecule has 84 valence electrons. The summed E-state index contributed by atoms with van der Waals surface area (Å²) in [6.45, 7) is 10.1. The maximum atomic E-state index is 9.31. The second-order valence-corrected chi connectivity index (χ2v) is 10.2. The molecule has 2 nitrogen and oxygen atoms in total. The third kappa shape index (κ3) is 2.58. The fourth-order valence-electron chi connectivity index (χ4n) is 1.53. The van der Waals surface area contributed by atoms with E-state index >= 15 is 0 Å². The van der Waals surface area contributed by atoms with Crippen LogP contribution in [0.15, 0.2) is 0 Å². The zero-order valence-electron chi connectivity index (χ0n) is 9.97. The van der Waals surface area contributed by atoms with Crippen molar-refractivity contribution in [3.8, 4) is 0 Å². The third-order valence-corrected chi connectivity index (χ3v) is 7.56. The summed E-state index contributed by atoms with van der Waals surface area (Å²) < 4.78 is 6.07.